The molecule has 114 valence electrons. The van der Waals surface area contributed by atoms with Gasteiger partial charge in [0.2, 0.25) is 5.91 Å². The number of ketones is 1. The standard InChI is InChI=1S/C17H22FNO2/c1-12-4-2-3-5-15(12)19-17(21)11-10-16(20)13-6-8-14(18)9-7-13/h6-9,12,15H,2-5,10-11H2,1H3,(H,19,21)/t12-,15-/m0/s1. The topological polar surface area (TPSA) is 46.2 Å². The van der Waals surface area contributed by atoms with Gasteiger partial charge < -0.3 is 5.32 Å². The van der Waals surface area contributed by atoms with Gasteiger partial charge in [-0.15, -0.1) is 0 Å². The first-order chi connectivity index (χ1) is 10.1. The molecule has 0 saturated heterocycles. The largest absolute Gasteiger partial charge is 0.353 e. The molecule has 1 saturated carbocycles. The van der Waals surface area contributed by atoms with Crippen molar-refractivity contribution in [2.24, 2.45) is 5.92 Å². The number of halogens is 1. The molecule has 4 heteroatoms. The maximum Gasteiger partial charge on any atom is 0.220 e. The SMILES string of the molecule is C[C@H]1CCCC[C@@H]1NC(=O)CCC(=O)c1ccc(F)cc1. The van der Waals surface area contributed by atoms with Crippen LogP contribution in [0.15, 0.2) is 24.3 Å². The van der Waals surface area contributed by atoms with Crippen molar-refractivity contribution in [2.75, 3.05) is 0 Å². The highest BCUT2D eigenvalue weighted by atomic mass is 19.1. The minimum atomic E-state index is -0.365. The smallest absolute Gasteiger partial charge is 0.220 e. The summed E-state index contributed by atoms with van der Waals surface area (Å²) in [5, 5.41) is 3.03. The molecule has 1 aliphatic carbocycles. The third-order valence-electron chi connectivity index (χ3n) is 4.20. The van der Waals surface area contributed by atoms with Crippen molar-refractivity contribution in [3.63, 3.8) is 0 Å². The van der Waals surface area contributed by atoms with Gasteiger partial charge in [0.15, 0.2) is 5.78 Å². The molecule has 1 aliphatic rings. The summed E-state index contributed by atoms with van der Waals surface area (Å²) in [7, 11) is 0. The van der Waals surface area contributed by atoms with Crippen LogP contribution in [0.1, 0.15) is 55.8 Å². The van der Waals surface area contributed by atoms with Gasteiger partial charge in [0.1, 0.15) is 5.82 Å². The maximum atomic E-state index is 12.8. The zero-order valence-corrected chi connectivity index (χ0v) is 12.4. The number of nitrogens with one attached hydrogen (secondary N) is 1. The Morgan fingerprint density at radius 1 is 1.14 bits per heavy atom. The monoisotopic (exact) mass is 291 g/mol. The lowest BCUT2D eigenvalue weighted by atomic mass is 9.86. The number of hydrogen-bond acceptors (Lipinski definition) is 2. The Balaban J connectivity index is 1.78. The van der Waals surface area contributed by atoms with Crippen LogP contribution in [0.5, 0.6) is 0 Å². The highest BCUT2D eigenvalue weighted by molar-refractivity contribution is 5.97. The maximum absolute atomic E-state index is 12.8. The van der Waals surface area contributed by atoms with Crippen molar-refractivity contribution in [1.82, 2.24) is 5.32 Å². The molecule has 0 radical (unpaired) electrons. The zero-order chi connectivity index (χ0) is 15.2. The van der Waals surface area contributed by atoms with Gasteiger partial charge in [0.25, 0.3) is 0 Å². The van der Waals surface area contributed by atoms with E-state index in [1.807, 2.05) is 0 Å². The molecule has 0 bridgehead atoms. The Bertz CT molecular complexity index is 498. The molecular formula is C17H22FNO2. The summed E-state index contributed by atoms with van der Waals surface area (Å²) < 4.78 is 12.8. The first-order valence-corrected chi connectivity index (χ1v) is 7.64. The van der Waals surface area contributed by atoms with E-state index >= 15 is 0 Å². The third kappa shape index (κ3) is 4.66. The summed E-state index contributed by atoms with van der Waals surface area (Å²) in [4.78, 5) is 23.8. The summed E-state index contributed by atoms with van der Waals surface area (Å²) in [5.41, 5.74) is 0.454. The highest BCUT2D eigenvalue weighted by Crippen LogP contribution is 2.23. The highest BCUT2D eigenvalue weighted by Gasteiger charge is 2.22. The lowest BCUT2D eigenvalue weighted by Gasteiger charge is -2.29. The predicted octanol–water partition coefficient (Wildman–Crippen LogP) is 3.48. The van der Waals surface area contributed by atoms with Gasteiger partial charge in [-0.2, -0.15) is 0 Å². The summed E-state index contributed by atoms with van der Waals surface area (Å²) in [6.45, 7) is 2.16. The van der Waals surface area contributed by atoms with Crippen LogP contribution >= 0.6 is 0 Å². The van der Waals surface area contributed by atoms with E-state index in [1.54, 1.807) is 0 Å². The zero-order valence-electron chi connectivity index (χ0n) is 12.4. The summed E-state index contributed by atoms with van der Waals surface area (Å²) in [5.74, 6) is -0.0443. The molecule has 1 aromatic carbocycles. The number of amides is 1. The molecule has 21 heavy (non-hydrogen) atoms. The molecule has 0 aromatic heterocycles. The first kappa shape index (κ1) is 15.7. The van der Waals surface area contributed by atoms with E-state index < -0.39 is 0 Å². The van der Waals surface area contributed by atoms with Crippen molar-refractivity contribution < 1.29 is 14.0 Å². The summed E-state index contributed by atoms with van der Waals surface area (Å²) in [6, 6.07) is 5.68. The number of carbonyl (C=O) groups is 2. The van der Waals surface area contributed by atoms with Crippen molar-refractivity contribution in [3.8, 4) is 0 Å². The average Bonchev–Trinajstić information content (AvgIpc) is 2.48. The number of rotatable bonds is 5. The Labute approximate surface area is 124 Å². The molecule has 2 rings (SSSR count). The lowest BCUT2D eigenvalue weighted by Crippen LogP contribution is -2.41. The van der Waals surface area contributed by atoms with Gasteiger partial charge in [-0.3, -0.25) is 9.59 Å². The summed E-state index contributed by atoms with van der Waals surface area (Å²) in [6.07, 6.45) is 4.93. The molecule has 1 amide bonds. The Kier molecular flexibility index (Phi) is 5.48. The van der Waals surface area contributed by atoms with Gasteiger partial charge in [-0.1, -0.05) is 19.8 Å². The fourth-order valence-corrected chi connectivity index (χ4v) is 2.82. The molecule has 1 aromatic rings. The minimum Gasteiger partial charge on any atom is -0.353 e. The number of hydrogen-bond donors (Lipinski definition) is 1. The average molecular weight is 291 g/mol. The number of benzene rings is 1. The molecule has 0 heterocycles. The third-order valence-corrected chi connectivity index (χ3v) is 4.20. The van der Waals surface area contributed by atoms with Gasteiger partial charge >= 0.3 is 0 Å². The first-order valence-electron chi connectivity index (χ1n) is 7.64. The van der Waals surface area contributed by atoms with Gasteiger partial charge in [-0.25, -0.2) is 4.39 Å². The van der Waals surface area contributed by atoms with Crippen LogP contribution in [-0.4, -0.2) is 17.7 Å². The van der Waals surface area contributed by atoms with Crippen LogP contribution < -0.4 is 5.32 Å². The predicted molar refractivity (Wildman–Crippen MR) is 79.5 cm³/mol. The van der Waals surface area contributed by atoms with Crippen LogP contribution in [0, 0.1) is 11.7 Å². The summed E-state index contributed by atoms with van der Waals surface area (Å²) >= 11 is 0. The quantitative estimate of drug-likeness (QED) is 0.844. The van der Waals surface area contributed by atoms with Gasteiger partial charge in [0, 0.05) is 24.4 Å². The molecule has 0 aliphatic heterocycles. The number of carbonyl (C=O) groups excluding carboxylic acids is 2. The van der Waals surface area contributed by atoms with Crippen molar-refractivity contribution in [3.05, 3.63) is 35.6 Å². The second-order valence-electron chi connectivity index (χ2n) is 5.87. The normalized spacial score (nSPS) is 21.8. The van der Waals surface area contributed by atoms with Crippen molar-refractivity contribution in [2.45, 2.75) is 51.5 Å². The van der Waals surface area contributed by atoms with Crippen molar-refractivity contribution in [1.29, 1.82) is 0 Å². The van der Waals surface area contributed by atoms with Crippen LogP contribution in [0.2, 0.25) is 0 Å². The fraction of sp³-hybridized carbons (Fsp3) is 0.529. The van der Waals surface area contributed by atoms with E-state index in [0.29, 0.717) is 11.5 Å². The molecule has 2 atom stereocenters. The van der Waals surface area contributed by atoms with E-state index in [-0.39, 0.29) is 36.4 Å². The minimum absolute atomic E-state index is 0.0655. The Morgan fingerprint density at radius 2 is 1.81 bits per heavy atom. The van der Waals surface area contributed by atoms with Gasteiger partial charge in [0.05, 0.1) is 0 Å². The molecule has 1 N–H and O–H groups in total. The Morgan fingerprint density at radius 3 is 2.48 bits per heavy atom. The van der Waals surface area contributed by atoms with E-state index in [9.17, 15) is 14.0 Å². The van der Waals surface area contributed by atoms with E-state index in [0.717, 1.165) is 19.3 Å². The van der Waals surface area contributed by atoms with Crippen molar-refractivity contribution >= 4 is 11.7 Å². The van der Waals surface area contributed by atoms with Gasteiger partial charge in [-0.05, 0) is 43.0 Å². The van der Waals surface area contributed by atoms with E-state index in [2.05, 4.69) is 12.2 Å². The van der Waals surface area contributed by atoms with Crippen LogP contribution in [0.3, 0.4) is 0 Å². The second-order valence-corrected chi connectivity index (χ2v) is 5.87. The number of Topliss-reactive ketones (excluding diaryl/α,β-unsaturated/α-hetero) is 1. The lowest BCUT2D eigenvalue weighted by molar-refractivity contribution is -0.122. The van der Waals surface area contributed by atoms with E-state index in [4.69, 9.17) is 0 Å². The Hall–Kier alpha value is -1.71. The molecule has 3 nitrogen and oxygen atoms in total. The van der Waals surface area contributed by atoms with Crippen LogP contribution in [0.25, 0.3) is 0 Å². The van der Waals surface area contributed by atoms with Crippen LogP contribution in [-0.2, 0) is 4.79 Å². The second kappa shape index (κ2) is 7.34. The molecule has 0 unspecified atom stereocenters. The molecular weight excluding hydrogens is 269 g/mol. The fourth-order valence-electron chi connectivity index (χ4n) is 2.82. The molecule has 1 fully saturated rings. The van der Waals surface area contributed by atoms with Crippen LogP contribution in [0.4, 0.5) is 4.39 Å². The molecule has 0 spiro atoms. The van der Waals surface area contributed by atoms with E-state index in [1.165, 1.54) is 30.7 Å².